The number of rotatable bonds is 5. The van der Waals surface area contributed by atoms with Gasteiger partial charge in [0.15, 0.2) is 0 Å². The second-order valence-electron chi connectivity index (χ2n) is 3.06. The van der Waals surface area contributed by atoms with Crippen molar-refractivity contribution >= 4 is 17.7 Å². The Morgan fingerprint density at radius 1 is 1.62 bits per heavy atom. The number of thioether (sulfide) groups is 1. The number of carbonyl (C=O) groups is 1. The zero-order chi connectivity index (χ0) is 9.52. The van der Waals surface area contributed by atoms with Gasteiger partial charge >= 0.3 is 0 Å². The second kappa shape index (κ2) is 6.23. The largest absolute Gasteiger partial charge is 0.355 e. The van der Waals surface area contributed by atoms with Crippen LogP contribution in [0.5, 0.6) is 0 Å². The van der Waals surface area contributed by atoms with E-state index in [9.17, 15) is 4.79 Å². The highest BCUT2D eigenvalue weighted by molar-refractivity contribution is 7.99. The fourth-order valence-electron chi connectivity index (χ4n) is 1.17. The summed E-state index contributed by atoms with van der Waals surface area (Å²) in [5.74, 6) is 1.91. The summed E-state index contributed by atoms with van der Waals surface area (Å²) >= 11 is 1.76. The fourth-order valence-corrected chi connectivity index (χ4v) is 2.11. The van der Waals surface area contributed by atoms with Crippen LogP contribution in [0.4, 0.5) is 0 Å². The molecule has 1 fully saturated rings. The average molecular weight is 203 g/mol. The van der Waals surface area contributed by atoms with Crippen LogP contribution in [-0.2, 0) is 4.79 Å². The first kappa shape index (κ1) is 10.8. The molecule has 0 saturated carbocycles. The van der Waals surface area contributed by atoms with Crippen LogP contribution >= 0.6 is 11.8 Å². The van der Waals surface area contributed by atoms with Crippen LogP contribution in [0.2, 0.25) is 0 Å². The van der Waals surface area contributed by atoms with Gasteiger partial charge in [-0.1, -0.05) is 0 Å². The highest BCUT2D eigenvalue weighted by atomic mass is 32.2. The van der Waals surface area contributed by atoms with Crippen molar-refractivity contribution in [2.75, 3.05) is 24.7 Å². The molecule has 5 heteroatoms. The molecule has 0 spiro atoms. The van der Waals surface area contributed by atoms with Crippen molar-refractivity contribution in [3.05, 3.63) is 0 Å². The van der Waals surface area contributed by atoms with Crippen molar-refractivity contribution in [1.82, 2.24) is 10.6 Å². The lowest BCUT2D eigenvalue weighted by Gasteiger charge is -2.09. The summed E-state index contributed by atoms with van der Waals surface area (Å²) in [7, 11) is 0. The predicted molar refractivity (Wildman–Crippen MR) is 55.5 cm³/mol. The Morgan fingerprint density at radius 3 is 3.08 bits per heavy atom. The Morgan fingerprint density at radius 2 is 2.46 bits per heavy atom. The van der Waals surface area contributed by atoms with Crippen molar-refractivity contribution in [3.63, 3.8) is 0 Å². The lowest BCUT2D eigenvalue weighted by molar-refractivity contribution is -0.122. The van der Waals surface area contributed by atoms with E-state index in [4.69, 9.17) is 5.73 Å². The molecule has 0 radical (unpaired) electrons. The van der Waals surface area contributed by atoms with E-state index in [2.05, 4.69) is 10.6 Å². The molecule has 4 N–H and O–H groups in total. The van der Waals surface area contributed by atoms with E-state index < -0.39 is 0 Å². The van der Waals surface area contributed by atoms with E-state index in [-0.39, 0.29) is 11.9 Å². The molecule has 0 aromatic carbocycles. The summed E-state index contributed by atoms with van der Waals surface area (Å²) in [5, 5.41) is 6.01. The van der Waals surface area contributed by atoms with Gasteiger partial charge in [-0.15, -0.1) is 11.8 Å². The summed E-state index contributed by atoms with van der Waals surface area (Å²) in [4.78, 5) is 11.4. The van der Waals surface area contributed by atoms with Gasteiger partial charge in [-0.2, -0.15) is 0 Å². The minimum Gasteiger partial charge on any atom is -0.355 e. The first-order valence-corrected chi connectivity index (χ1v) is 5.79. The van der Waals surface area contributed by atoms with Gasteiger partial charge in [0.2, 0.25) is 5.91 Å². The van der Waals surface area contributed by atoms with Gasteiger partial charge in [0.25, 0.3) is 0 Å². The minimum atomic E-state index is 0.0166. The topological polar surface area (TPSA) is 67.1 Å². The van der Waals surface area contributed by atoms with Gasteiger partial charge in [0.05, 0.1) is 6.04 Å². The molecule has 0 bridgehead atoms. The Kier molecular flexibility index (Phi) is 5.19. The number of nitrogens with one attached hydrogen (secondary N) is 2. The summed E-state index contributed by atoms with van der Waals surface area (Å²) in [6.45, 7) is 1.45. The van der Waals surface area contributed by atoms with Gasteiger partial charge < -0.3 is 11.1 Å². The van der Waals surface area contributed by atoms with Crippen molar-refractivity contribution < 1.29 is 4.79 Å². The number of amides is 1. The van der Waals surface area contributed by atoms with Crippen LogP contribution in [0.15, 0.2) is 0 Å². The first-order valence-electron chi connectivity index (χ1n) is 4.63. The van der Waals surface area contributed by atoms with E-state index in [0.29, 0.717) is 6.54 Å². The van der Waals surface area contributed by atoms with E-state index in [1.807, 2.05) is 0 Å². The quantitative estimate of drug-likeness (QED) is 0.527. The molecule has 1 atom stereocenters. The number of hydrogen-bond donors (Lipinski definition) is 3. The third-order valence-corrected chi connectivity index (χ3v) is 2.90. The number of nitrogens with two attached hydrogens (primary N) is 1. The van der Waals surface area contributed by atoms with Gasteiger partial charge in [-0.3, -0.25) is 10.1 Å². The van der Waals surface area contributed by atoms with Crippen LogP contribution in [0.25, 0.3) is 0 Å². The normalized spacial score (nSPS) is 21.8. The zero-order valence-corrected chi connectivity index (χ0v) is 8.53. The maximum absolute atomic E-state index is 11.4. The van der Waals surface area contributed by atoms with E-state index in [1.165, 1.54) is 0 Å². The molecule has 1 aliphatic heterocycles. The zero-order valence-electron chi connectivity index (χ0n) is 7.71. The minimum absolute atomic E-state index is 0.0166. The molecule has 1 amide bonds. The Hall–Kier alpha value is -0.260. The van der Waals surface area contributed by atoms with E-state index in [1.54, 1.807) is 11.8 Å². The molecule has 1 saturated heterocycles. The summed E-state index contributed by atoms with van der Waals surface area (Å²) in [5.41, 5.74) is 5.34. The third-order valence-electron chi connectivity index (χ3n) is 1.96. The van der Waals surface area contributed by atoms with E-state index >= 15 is 0 Å². The van der Waals surface area contributed by atoms with Gasteiger partial charge in [-0.25, -0.2) is 0 Å². The van der Waals surface area contributed by atoms with Gasteiger partial charge in [0, 0.05) is 18.2 Å². The molecule has 4 nitrogen and oxygen atoms in total. The van der Waals surface area contributed by atoms with Crippen LogP contribution in [-0.4, -0.2) is 36.7 Å². The first-order chi connectivity index (χ1) is 6.34. The Balaban J connectivity index is 2.03. The predicted octanol–water partition coefficient (Wildman–Crippen LogP) is -0.496. The standard InChI is InChI=1S/C8H17N3OS/c9-3-1-2-4-10-8(12)7-5-13-6-11-7/h7,11H,1-6,9H2,(H,10,12). The van der Waals surface area contributed by atoms with Crippen LogP contribution in [0.1, 0.15) is 12.8 Å². The lowest BCUT2D eigenvalue weighted by Crippen LogP contribution is -2.42. The number of hydrogen-bond acceptors (Lipinski definition) is 4. The van der Waals surface area contributed by atoms with Crippen LogP contribution < -0.4 is 16.4 Å². The van der Waals surface area contributed by atoms with Crippen molar-refractivity contribution in [3.8, 4) is 0 Å². The molecule has 1 aliphatic rings. The summed E-state index contributed by atoms with van der Waals surface area (Å²) < 4.78 is 0. The molecular formula is C8H17N3OS. The molecule has 13 heavy (non-hydrogen) atoms. The molecule has 0 aromatic rings. The molecule has 1 heterocycles. The molecule has 1 rings (SSSR count). The monoisotopic (exact) mass is 203 g/mol. The molecule has 1 unspecified atom stereocenters. The molecular weight excluding hydrogens is 186 g/mol. The average Bonchev–Trinajstić information content (AvgIpc) is 2.65. The molecule has 0 aliphatic carbocycles. The van der Waals surface area contributed by atoms with Crippen LogP contribution in [0.3, 0.4) is 0 Å². The summed E-state index contributed by atoms with van der Waals surface area (Å²) in [6.07, 6.45) is 1.95. The van der Waals surface area contributed by atoms with Crippen LogP contribution in [0, 0.1) is 0 Å². The third kappa shape index (κ3) is 3.97. The second-order valence-corrected chi connectivity index (χ2v) is 4.09. The van der Waals surface area contributed by atoms with Gasteiger partial charge in [-0.05, 0) is 19.4 Å². The smallest absolute Gasteiger partial charge is 0.238 e. The lowest BCUT2D eigenvalue weighted by atomic mass is 10.3. The van der Waals surface area contributed by atoms with Crippen molar-refractivity contribution in [2.24, 2.45) is 5.73 Å². The molecule has 76 valence electrons. The SMILES string of the molecule is NCCCCNC(=O)C1CSCN1. The number of carbonyl (C=O) groups excluding carboxylic acids is 1. The highest BCUT2D eigenvalue weighted by Gasteiger charge is 2.21. The maximum atomic E-state index is 11.4. The molecule has 0 aromatic heterocycles. The summed E-state index contributed by atoms with van der Waals surface area (Å²) in [6, 6.07) is 0.0166. The number of unbranched alkanes of at least 4 members (excludes halogenated alkanes) is 1. The van der Waals surface area contributed by atoms with Gasteiger partial charge in [0.1, 0.15) is 0 Å². The van der Waals surface area contributed by atoms with E-state index in [0.717, 1.165) is 31.0 Å². The maximum Gasteiger partial charge on any atom is 0.238 e. The Labute approximate surface area is 83.0 Å². The van der Waals surface area contributed by atoms with Crippen molar-refractivity contribution in [2.45, 2.75) is 18.9 Å². The Bertz CT molecular complexity index is 159. The fraction of sp³-hybridized carbons (Fsp3) is 0.875. The van der Waals surface area contributed by atoms with Crippen molar-refractivity contribution in [1.29, 1.82) is 0 Å². The highest BCUT2D eigenvalue weighted by Crippen LogP contribution is 2.08.